The monoisotopic (exact) mass is 457 g/mol. The average molecular weight is 458 g/mol. The van der Waals surface area contributed by atoms with Crippen LogP contribution in [-0.4, -0.2) is 55.1 Å². The van der Waals surface area contributed by atoms with E-state index in [1.165, 1.54) is 0 Å². The molecule has 180 valence electrons. The van der Waals surface area contributed by atoms with Crippen LogP contribution in [0.5, 0.6) is 5.75 Å². The smallest absolute Gasteiger partial charge is 0.338 e. The molecular formula is C25H35N3O5. The van der Waals surface area contributed by atoms with E-state index in [2.05, 4.69) is 5.32 Å². The molecule has 0 saturated heterocycles. The summed E-state index contributed by atoms with van der Waals surface area (Å²) >= 11 is 0. The molecule has 1 aliphatic rings. The maximum atomic E-state index is 12.9. The van der Waals surface area contributed by atoms with Gasteiger partial charge in [-0.05, 0) is 44.4 Å². The number of hydrogen-bond donors (Lipinski definition) is 1. The first-order valence-electron chi connectivity index (χ1n) is 11.6. The number of methoxy groups -OCH3 is 1. The molecule has 0 atom stereocenters. The Kier molecular flexibility index (Phi) is 8.49. The van der Waals surface area contributed by atoms with Crippen molar-refractivity contribution in [2.24, 2.45) is 5.41 Å². The van der Waals surface area contributed by atoms with Crippen molar-refractivity contribution in [2.45, 2.75) is 53.0 Å². The SMILES string of the molecule is CCn1nc(CC(C)(C)COC(=O)c2cccc(OC)c2)c2c1C(=O)NCCCOCCC2. The molecule has 0 saturated carbocycles. The van der Waals surface area contributed by atoms with Crippen molar-refractivity contribution >= 4 is 11.9 Å². The lowest BCUT2D eigenvalue weighted by Gasteiger charge is -2.24. The van der Waals surface area contributed by atoms with Gasteiger partial charge in [0.15, 0.2) is 0 Å². The van der Waals surface area contributed by atoms with Gasteiger partial charge < -0.3 is 19.5 Å². The summed E-state index contributed by atoms with van der Waals surface area (Å²) in [7, 11) is 1.56. The molecule has 2 heterocycles. The second-order valence-corrected chi connectivity index (χ2v) is 9.06. The number of hydrogen-bond acceptors (Lipinski definition) is 6. The Morgan fingerprint density at radius 3 is 2.82 bits per heavy atom. The van der Waals surface area contributed by atoms with Crippen molar-refractivity contribution < 1.29 is 23.8 Å². The van der Waals surface area contributed by atoms with Crippen molar-refractivity contribution in [3.63, 3.8) is 0 Å². The summed E-state index contributed by atoms with van der Waals surface area (Å²) in [6.07, 6.45) is 2.92. The third kappa shape index (κ3) is 6.57. The zero-order valence-corrected chi connectivity index (χ0v) is 20.1. The third-order valence-electron chi connectivity index (χ3n) is 5.66. The van der Waals surface area contributed by atoms with E-state index in [0.29, 0.717) is 49.7 Å². The molecule has 1 amide bonds. The number of fused-ring (bicyclic) bond motifs is 1. The quantitative estimate of drug-likeness (QED) is 0.641. The van der Waals surface area contributed by atoms with Crippen LogP contribution in [0.2, 0.25) is 0 Å². The highest BCUT2D eigenvalue weighted by atomic mass is 16.5. The van der Waals surface area contributed by atoms with Gasteiger partial charge in [0.05, 0.1) is 25.0 Å². The number of benzene rings is 1. The number of esters is 1. The summed E-state index contributed by atoms with van der Waals surface area (Å²) in [5.74, 6) is 0.129. The number of carbonyl (C=O) groups excluding carboxylic acids is 2. The molecule has 8 heteroatoms. The van der Waals surface area contributed by atoms with Crippen LogP contribution in [0.1, 0.15) is 65.7 Å². The van der Waals surface area contributed by atoms with E-state index in [4.69, 9.17) is 19.3 Å². The van der Waals surface area contributed by atoms with Crippen molar-refractivity contribution in [3.8, 4) is 5.75 Å². The number of nitrogens with zero attached hydrogens (tertiary/aromatic N) is 2. The molecule has 0 bridgehead atoms. The van der Waals surface area contributed by atoms with E-state index in [-0.39, 0.29) is 17.9 Å². The van der Waals surface area contributed by atoms with Gasteiger partial charge in [-0.2, -0.15) is 5.10 Å². The summed E-state index contributed by atoms with van der Waals surface area (Å²) in [6, 6.07) is 6.91. The minimum Gasteiger partial charge on any atom is -0.497 e. The normalized spacial score (nSPS) is 15.2. The van der Waals surface area contributed by atoms with Gasteiger partial charge in [0.2, 0.25) is 0 Å². The minimum atomic E-state index is -0.392. The molecule has 2 aromatic rings. The predicted molar refractivity (Wildman–Crippen MR) is 125 cm³/mol. The second-order valence-electron chi connectivity index (χ2n) is 9.06. The summed E-state index contributed by atoms with van der Waals surface area (Å²) in [4.78, 5) is 25.5. The fourth-order valence-electron chi connectivity index (χ4n) is 3.95. The highest BCUT2D eigenvalue weighted by Crippen LogP contribution is 2.27. The maximum Gasteiger partial charge on any atom is 0.338 e. The lowest BCUT2D eigenvalue weighted by Crippen LogP contribution is -2.28. The van der Waals surface area contributed by atoms with E-state index in [9.17, 15) is 9.59 Å². The van der Waals surface area contributed by atoms with E-state index in [0.717, 1.165) is 30.5 Å². The first kappa shape index (κ1) is 24.8. The molecule has 8 nitrogen and oxygen atoms in total. The lowest BCUT2D eigenvalue weighted by molar-refractivity contribution is 0.0339. The molecule has 0 radical (unpaired) electrons. The van der Waals surface area contributed by atoms with Crippen LogP contribution < -0.4 is 10.1 Å². The number of carbonyl (C=O) groups is 2. The molecular weight excluding hydrogens is 422 g/mol. The molecule has 0 spiro atoms. The summed E-state index contributed by atoms with van der Waals surface area (Å²) in [5, 5.41) is 7.78. The molecule has 1 aromatic heterocycles. The fraction of sp³-hybridized carbons (Fsp3) is 0.560. The molecule has 1 aliphatic heterocycles. The second kappa shape index (κ2) is 11.3. The Bertz CT molecular complexity index is 967. The van der Waals surface area contributed by atoms with E-state index < -0.39 is 5.97 Å². The van der Waals surface area contributed by atoms with Crippen LogP contribution in [0.4, 0.5) is 0 Å². The van der Waals surface area contributed by atoms with Crippen molar-refractivity contribution in [1.29, 1.82) is 0 Å². The van der Waals surface area contributed by atoms with Crippen LogP contribution in [0, 0.1) is 5.41 Å². The van der Waals surface area contributed by atoms with E-state index in [1.54, 1.807) is 36.1 Å². The largest absolute Gasteiger partial charge is 0.497 e. The third-order valence-corrected chi connectivity index (χ3v) is 5.66. The topological polar surface area (TPSA) is 91.7 Å². The molecule has 0 unspecified atom stereocenters. The zero-order chi connectivity index (χ0) is 23.8. The van der Waals surface area contributed by atoms with E-state index in [1.807, 2.05) is 20.8 Å². The molecule has 0 fully saturated rings. The highest BCUT2D eigenvalue weighted by Gasteiger charge is 2.29. The zero-order valence-electron chi connectivity index (χ0n) is 20.1. The van der Waals surface area contributed by atoms with Gasteiger partial charge in [-0.15, -0.1) is 0 Å². The van der Waals surface area contributed by atoms with Gasteiger partial charge in [-0.3, -0.25) is 9.48 Å². The first-order chi connectivity index (χ1) is 15.8. The Morgan fingerprint density at radius 1 is 1.27 bits per heavy atom. The Labute approximate surface area is 195 Å². The Morgan fingerprint density at radius 2 is 2.06 bits per heavy atom. The van der Waals surface area contributed by atoms with Crippen LogP contribution in [-0.2, 0) is 28.9 Å². The van der Waals surface area contributed by atoms with Crippen molar-refractivity contribution in [1.82, 2.24) is 15.1 Å². The number of rotatable bonds is 7. The van der Waals surface area contributed by atoms with Gasteiger partial charge in [0.25, 0.3) is 5.91 Å². The fourth-order valence-corrected chi connectivity index (χ4v) is 3.95. The minimum absolute atomic E-state index is 0.0882. The molecule has 3 rings (SSSR count). The number of aryl methyl sites for hydroxylation is 1. The lowest BCUT2D eigenvalue weighted by atomic mass is 9.86. The summed E-state index contributed by atoms with van der Waals surface area (Å²) in [6.45, 7) is 8.79. The van der Waals surface area contributed by atoms with Crippen LogP contribution in [0.3, 0.4) is 0 Å². The summed E-state index contributed by atoms with van der Waals surface area (Å²) in [5.41, 5.74) is 2.56. The maximum absolute atomic E-state index is 12.9. The number of nitrogens with one attached hydrogen (secondary N) is 1. The first-order valence-corrected chi connectivity index (χ1v) is 11.6. The standard InChI is InChI=1S/C25H35N3O5/c1-5-28-22-20(11-7-13-32-14-8-12-26-23(22)29)21(27-28)16-25(2,3)17-33-24(30)18-9-6-10-19(15-18)31-4/h6,9-10,15H,5,7-8,11-14,16-17H2,1-4H3,(H,26,29). The van der Waals surface area contributed by atoms with Gasteiger partial charge in [0.1, 0.15) is 11.4 Å². The summed E-state index contributed by atoms with van der Waals surface area (Å²) < 4.78 is 18.3. The predicted octanol–water partition coefficient (Wildman–Crippen LogP) is 3.42. The van der Waals surface area contributed by atoms with Gasteiger partial charge in [0, 0.05) is 43.7 Å². The van der Waals surface area contributed by atoms with Crippen LogP contribution in [0.15, 0.2) is 24.3 Å². The van der Waals surface area contributed by atoms with Crippen LogP contribution in [0.25, 0.3) is 0 Å². The number of ether oxygens (including phenoxy) is 3. The molecule has 33 heavy (non-hydrogen) atoms. The van der Waals surface area contributed by atoms with E-state index >= 15 is 0 Å². The number of aromatic nitrogens is 2. The van der Waals surface area contributed by atoms with Gasteiger partial charge >= 0.3 is 5.97 Å². The highest BCUT2D eigenvalue weighted by molar-refractivity contribution is 5.94. The molecule has 0 aliphatic carbocycles. The van der Waals surface area contributed by atoms with Gasteiger partial charge in [-0.1, -0.05) is 19.9 Å². The van der Waals surface area contributed by atoms with Crippen molar-refractivity contribution in [2.75, 3.05) is 33.5 Å². The Hall–Kier alpha value is -2.87. The van der Waals surface area contributed by atoms with Crippen LogP contribution >= 0.6 is 0 Å². The van der Waals surface area contributed by atoms with Gasteiger partial charge in [-0.25, -0.2) is 4.79 Å². The molecule has 1 aromatic carbocycles. The average Bonchev–Trinajstić information content (AvgIpc) is 3.13. The van der Waals surface area contributed by atoms with Crippen molar-refractivity contribution in [3.05, 3.63) is 46.8 Å². The molecule has 1 N–H and O–H groups in total. The number of amides is 1. The Balaban J connectivity index is 1.76.